The van der Waals surface area contributed by atoms with Gasteiger partial charge in [0.15, 0.2) is 0 Å². The fourth-order valence-electron chi connectivity index (χ4n) is 3.09. The second-order valence-corrected chi connectivity index (χ2v) is 5.01. The number of ether oxygens (including phenoxy) is 1. The highest BCUT2D eigenvalue weighted by Crippen LogP contribution is 2.38. The third kappa shape index (κ3) is 2.17. The van der Waals surface area contributed by atoms with Gasteiger partial charge in [0.05, 0.1) is 13.2 Å². The minimum Gasteiger partial charge on any atom is -0.467 e. The molecule has 8 heteroatoms. The lowest BCUT2D eigenvalue weighted by Gasteiger charge is -2.37. The minimum atomic E-state index is -0.218. The molecule has 0 saturated carbocycles. The number of anilines is 2. The van der Waals surface area contributed by atoms with Crippen LogP contribution in [0.5, 0.6) is 6.01 Å². The van der Waals surface area contributed by atoms with Gasteiger partial charge in [-0.1, -0.05) is 0 Å². The predicted octanol–water partition coefficient (Wildman–Crippen LogP) is -0.342. The summed E-state index contributed by atoms with van der Waals surface area (Å²) in [6, 6.07) is 0.807. The molecule has 0 aliphatic carbocycles. The molecule has 0 amide bonds. The number of nitrogen functional groups attached to an aromatic ring is 1. The maximum atomic E-state index is 9.82. The Kier molecular flexibility index (Phi) is 3.11. The number of nitrogens with one attached hydrogen (secondary N) is 1. The van der Waals surface area contributed by atoms with E-state index in [0.717, 1.165) is 25.7 Å². The summed E-state index contributed by atoms with van der Waals surface area (Å²) >= 11 is 0. The number of aliphatic hydroxyl groups is 1. The molecule has 2 atom stereocenters. The molecule has 0 radical (unpaired) electrons. The molecule has 2 fully saturated rings. The van der Waals surface area contributed by atoms with Crippen LogP contribution in [0.3, 0.4) is 0 Å². The van der Waals surface area contributed by atoms with Crippen LogP contribution in [-0.2, 0) is 0 Å². The van der Waals surface area contributed by atoms with Crippen molar-refractivity contribution in [3.05, 3.63) is 0 Å². The molecule has 2 aliphatic heterocycles. The fraction of sp³-hybridized carbons (Fsp3) is 0.727. The second-order valence-electron chi connectivity index (χ2n) is 5.01. The van der Waals surface area contributed by atoms with Crippen LogP contribution in [0.1, 0.15) is 25.7 Å². The van der Waals surface area contributed by atoms with Crippen molar-refractivity contribution in [3.63, 3.8) is 0 Å². The van der Waals surface area contributed by atoms with Gasteiger partial charge in [0, 0.05) is 12.1 Å². The number of fused-ring (bicyclic) bond motifs is 2. The van der Waals surface area contributed by atoms with Crippen LogP contribution < -0.4 is 20.9 Å². The van der Waals surface area contributed by atoms with Crippen molar-refractivity contribution in [2.75, 3.05) is 17.4 Å². The first-order valence-corrected chi connectivity index (χ1v) is 6.44. The van der Waals surface area contributed by atoms with E-state index in [2.05, 4.69) is 25.3 Å². The number of nitrogens with zero attached hydrogens (tertiary/aromatic N) is 4. The van der Waals surface area contributed by atoms with Crippen molar-refractivity contribution in [1.29, 1.82) is 0 Å². The zero-order valence-electron chi connectivity index (χ0n) is 10.8. The zero-order valence-corrected chi connectivity index (χ0v) is 10.8. The molecule has 1 aromatic heterocycles. The predicted molar refractivity (Wildman–Crippen MR) is 68.7 cm³/mol. The number of methoxy groups -OCH3 is 1. The van der Waals surface area contributed by atoms with Crippen molar-refractivity contribution in [2.45, 2.75) is 43.9 Å². The van der Waals surface area contributed by atoms with Crippen molar-refractivity contribution in [1.82, 2.24) is 15.0 Å². The summed E-state index contributed by atoms with van der Waals surface area (Å²) in [6.07, 6.45) is 3.41. The number of rotatable bonds is 3. The van der Waals surface area contributed by atoms with Crippen molar-refractivity contribution in [3.8, 4) is 6.01 Å². The quantitative estimate of drug-likeness (QED) is 0.503. The van der Waals surface area contributed by atoms with Crippen LogP contribution in [-0.4, -0.2) is 45.4 Å². The number of hydrogen-bond donors (Lipinski definition) is 3. The van der Waals surface area contributed by atoms with Gasteiger partial charge in [-0.3, -0.25) is 5.43 Å². The van der Waals surface area contributed by atoms with Crippen molar-refractivity contribution >= 4 is 11.9 Å². The first kappa shape index (κ1) is 12.4. The summed E-state index contributed by atoms with van der Waals surface area (Å²) < 4.78 is 5.07. The topological polar surface area (TPSA) is 109 Å². The first-order chi connectivity index (χ1) is 9.21. The summed E-state index contributed by atoms with van der Waals surface area (Å²) in [6.45, 7) is 0. The normalized spacial score (nSPS) is 29.4. The summed E-state index contributed by atoms with van der Waals surface area (Å²) in [4.78, 5) is 14.7. The van der Waals surface area contributed by atoms with Gasteiger partial charge in [-0.25, -0.2) is 5.84 Å². The molecule has 2 saturated heterocycles. The summed E-state index contributed by atoms with van der Waals surface area (Å²) in [7, 11) is 1.51. The highest BCUT2D eigenvalue weighted by atomic mass is 16.5. The number of nitrogens with two attached hydrogens (primary N) is 1. The van der Waals surface area contributed by atoms with Crippen molar-refractivity contribution < 1.29 is 9.84 Å². The summed E-state index contributed by atoms with van der Waals surface area (Å²) in [5, 5.41) is 9.82. The van der Waals surface area contributed by atoms with E-state index in [0.29, 0.717) is 5.95 Å². The van der Waals surface area contributed by atoms with Gasteiger partial charge in [0.1, 0.15) is 0 Å². The van der Waals surface area contributed by atoms with E-state index in [1.54, 1.807) is 0 Å². The van der Waals surface area contributed by atoms with Gasteiger partial charge in [0.2, 0.25) is 11.9 Å². The number of aliphatic hydroxyl groups excluding tert-OH is 1. The lowest BCUT2D eigenvalue weighted by Crippen LogP contribution is -2.45. The van der Waals surface area contributed by atoms with Gasteiger partial charge in [-0.15, -0.1) is 0 Å². The van der Waals surface area contributed by atoms with E-state index in [4.69, 9.17) is 10.6 Å². The molecular formula is C11H18N6O2. The molecule has 2 unspecified atom stereocenters. The molecule has 1 aromatic rings. The highest BCUT2D eigenvalue weighted by molar-refractivity contribution is 5.42. The number of hydrogen-bond acceptors (Lipinski definition) is 8. The molecule has 19 heavy (non-hydrogen) atoms. The maximum absolute atomic E-state index is 9.82. The number of piperidine rings is 1. The second kappa shape index (κ2) is 4.78. The third-order valence-corrected chi connectivity index (χ3v) is 3.85. The molecule has 8 nitrogen and oxygen atoms in total. The Labute approximate surface area is 111 Å². The average molecular weight is 266 g/mol. The number of hydrazine groups is 1. The lowest BCUT2D eigenvalue weighted by molar-refractivity contribution is 0.125. The van der Waals surface area contributed by atoms with E-state index >= 15 is 0 Å². The van der Waals surface area contributed by atoms with E-state index in [-0.39, 0.29) is 30.1 Å². The Hall–Kier alpha value is -1.67. The SMILES string of the molecule is COc1nc(NN)nc(N2C3CCC2CC(O)C3)n1. The Morgan fingerprint density at radius 1 is 1.26 bits per heavy atom. The molecule has 104 valence electrons. The molecule has 0 aromatic carbocycles. The van der Waals surface area contributed by atoms with Gasteiger partial charge in [-0.2, -0.15) is 15.0 Å². The van der Waals surface area contributed by atoms with Crippen LogP contribution in [0.25, 0.3) is 0 Å². The monoisotopic (exact) mass is 266 g/mol. The van der Waals surface area contributed by atoms with Crippen molar-refractivity contribution in [2.24, 2.45) is 5.84 Å². The summed E-state index contributed by atoms with van der Waals surface area (Å²) in [5.41, 5.74) is 2.42. The van der Waals surface area contributed by atoms with E-state index in [1.807, 2.05) is 0 Å². The molecule has 3 heterocycles. The van der Waals surface area contributed by atoms with Gasteiger partial charge in [-0.05, 0) is 25.7 Å². The molecule has 3 rings (SSSR count). The first-order valence-electron chi connectivity index (χ1n) is 6.44. The maximum Gasteiger partial charge on any atom is 0.322 e. The molecule has 2 bridgehead atoms. The van der Waals surface area contributed by atoms with Gasteiger partial charge < -0.3 is 14.7 Å². The van der Waals surface area contributed by atoms with Crippen LogP contribution in [0.4, 0.5) is 11.9 Å². The fourth-order valence-corrected chi connectivity index (χ4v) is 3.09. The van der Waals surface area contributed by atoms with Gasteiger partial charge in [0.25, 0.3) is 0 Å². The molecular weight excluding hydrogens is 248 g/mol. The van der Waals surface area contributed by atoms with E-state index in [9.17, 15) is 5.11 Å². The minimum absolute atomic E-state index is 0.218. The largest absolute Gasteiger partial charge is 0.467 e. The van der Waals surface area contributed by atoms with E-state index < -0.39 is 0 Å². The lowest BCUT2D eigenvalue weighted by atomic mass is 10.0. The van der Waals surface area contributed by atoms with Crippen LogP contribution in [0, 0.1) is 0 Å². The van der Waals surface area contributed by atoms with Gasteiger partial charge >= 0.3 is 6.01 Å². The zero-order chi connectivity index (χ0) is 13.4. The smallest absolute Gasteiger partial charge is 0.322 e. The Morgan fingerprint density at radius 3 is 2.53 bits per heavy atom. The Bertz CT molecular complexity index is 434. The van der Waals surface area contributed by atoms with E-state index in [1.165, 1.54) is 7.11 Å². The standard InChI is InChI=1S/C11H18N6O2/c1-19-11-14-9(16-12)13-10(15-11)17-6-2-3-7(17)5-8(18)4-6/h6-8,18H,2-5,12H2,1H3,(H,13,14,15,16). The molecule has 2 aliphatic rings. The number of aromatic nitrogens is 3. The highest BCUT2D eigenvalue weighted by Gasteiger charge is 2.41. The van der Waals surface area contributed by atoms with Crippen LogP contribution in [0.15, 0.2) is 0 Å². The van der Waals surface area contributed by atoms with Crippen LogP contribution in [0.2, 0.25) is 0 Å². The third-order valence-electron chi connectivity index (χ3n) is 3.85. The summed E-state index contributed by atoms with van der Waals surface area (Å²) in [5.74, 6) is 6.22. The van der Waals surface area contributed by atoms with Crippen LogP contribution >= 0.6 is 0 Å². The average Bonchev–Trinajstić information content (AvgIpc) is 2.70. The Morgan fingerprint density at radius 2 is 1.95 bits per heavy atom. The molecule has 4 N–H and O–H groups in total. The Balaban J connectivity index is 1.94. The molecule has 0 spiro atoms.